The van der Waals surface area contributed by atoms with Crippen molar-refractivity contribution < 1.29 is 4.79 Å². The number of hydrogen-bond acceptors (Lipinski definition) is 5. The van der Waals surface area contributed by atoms with Gasteiger partial charge < -0.3 is 5.32 Å². The van der Waals surface area contributed by atoms with Gasteiger partial charge in [-0.3, -0.25) is 14.7 Å². The maximum atomic E-state index is 12.7. The van der Waals surface area contributed by atoms with Gasteiger partial charge >= 0.3 is 0 Å². The molecule has 1 fully saturated rings. The summed E-state index contributed by atoms with van der Waals surface area (Å²) < 4.78 is 1.88. The van der Waals surface area contributed by atoms with Crippen LogP contribution in [0.1, 0.15) is 50.1 Å². The molecule has 1 N–H and O–H groups in total. The van der Waals surface area contributed by atoms with Crippen LogP contribution in [0.3, 0.4) is 0 Å². The zero-order valence-corrected chi connectivity index (χ0v) is 20.3. The van der Waals surface area contributed by atoms with Crippen molar-refractivity contribution in [2.45, 2.75) is 46.1 Å². The lowest BCUT2D eigenvalue weighted by Gasteiger charge is -2.15. The van der Waals surface area contributed by atoms with Crippen LogP contribution >= 0.6 is 11.6 Å². The summed E-state index contributed by atoms with van der Waals surface area (Å²) in [4.78, 5) is 24.5. The first-order valence-electron chi connectivity index (χ1n) is 11.9. The van der Waals surface area contributed by atoms with E-state index in [9.17, 15) is 4.79 Å². The molecule has 34 heavy (non-hydrogen) atoms. The van der Waals surface area contributed by atoms with Crippen molar-refractivity contribution >= 4 is 34.6 Å². The minimum Gasteiger partial charge on any atom is -0.324 e. The van der Waals surface area contributed by atoms with Gasteiger partial charge in [-0.25, -0.2) is 9.67 Å². The minimum absolute atomic E-state index is 0.106. The first kappa shape index (κ1) is 22.7. The normalized spacial score (nSPS) is 16.4. The number of aromatic nitrogens is 3. The van der Waals surface area contributed by atoms with Crippen LogP contribution in [0.2, 0.25) is 5.02 Å². The number of nitrogens with zero attached hydrogens (tertiary/aromatic N) is 5. The summed E-state index contributed by atoms with van der Waals surface area (Å²) in [5.74, 6) is 1.28. The predicted molar refractivity (Wildman–Crippen MR) is 135 cm³/mol. The van der Waals surface area contributed by atoms with Gasteiger partial charge in [0.1, 0.15) is 12.2 Å². The van der Waals surface area contributed by atoms with Gasteiger partial charge in [-0.1, -0.05) is 37.6 Å². The van der Waals surface area contributed by atoms with Crippen molar-refractivity contribution in [3.05, 3.63) is 64.7 Å². The fraction of sp³-hybridized carbons (Fsp3) is 0.385. The van der Waals surface area contributed by atoms with Crippen LogP contribution in [0.25, 0.3) is 5.69 Å². The van der Waals surface area contributed by atoms with E-state index in [0.29, 0.717) is 16.6 Å². The quantitative estimate of drug-likeness (QED) is 0.532. The van der Waals surface area contributed by atoms with Gasteiger partial charge in [0, 0.05) is 5.02 Å². The number of halogens is 1. The number of hydrogen-bond donors (Lipinski definition) is 1. The molecular formula is C26H29ClN6O. The minimum atomic E-state index is -0.106. The summed E-state index contributed by atoms with van der Waals surface area (Å²) in [6.07, 6.45) is 5.11. The fourth-order valence-electron chi connectivity index (χ4n) is 4.64. The Kier molecular flexibility index (Phi) is 6.48. The van der Waals surface area contributed by atoms with Crippen molar-refractivity contribution in [1.29, 1.82) is 0 Å². The van der Waals surface area contributed by atoms with E-state index in [1.807, 2.05) is 41.1 Å². The number of carbonyl (C=O) groups excluding carboxylic acids is 1. The van der Waals surface area contributed by atoms with Crippen molar-refractivity contribution in [3.8, 4) is 5.69 Å². The third-order valence-corrected chi connectivity index (χ3v) is 6.61. The summed E-state index contributed by atoms with van der Waals surface area (Å²) in [5, 5.41) is 8.10. The third kappa shape index (κ3) is 4.91. The Labute approximate surface area is 204 Å². The van der Waals surface area contributed by atoms with Gasteiger partial charge in [0.15, 0.2) is 0 Å². The number of benzene rings is 2. The van der Waals surface area contributed by atoms with E-state index in [0.717, 1.165) is 60.1 Å². The summed E-state index contributed by atoms with van der Waals surface area (Å²) in [6, 6.07) is 11.8. The number of aliphatic imine (C=N–C) groups is 1. The second kappa shape index (κ2) is 9.68. The van der Waals surface area contributed by atoms with Crippen LogP contribution in [0, 0.1) is 5.92 Å². The molecule has 0 radical (unpaired) electrons. The molecule has 2 aliphatic rings. The van der Waals surface area contributed by atoms with Crippen LogP contribution in [0.5, 0.6) is 0 Å². The highest BCUT2D eigenvalue weighted by atomic mass is 35.5. The van der Waals surface area contributed by atoms with Gasteiger partial charge in [-0.05, 0) is 73.7 Å². The molecule has 1 aromatic heterocycles. The fourth-order valence-corrected chi connectivity index (χ4v) is 4.88. The summed E-state index contributed by atoms with van der Waals surface area (Å²) in [5.41, 5.74) is 4.95. The van der Waals surface area contributed by atoms with Crippen LogP contribution < -0.4 is 5.32 Å². The maximum Gasteiger partial charge on any atom is 0.230 e. The second-order valence-corrected chi connectivity index (χ2v) is 9.87. The molecule has 2 aromatic carbocycles. The van der Waals surface area contributed by atoms with E-state index in [2.05, 4.69) is 34.1 Å². The smallest absolute Gasteiger partial charge is 0.230 e. The number of anilines is 1. The Morgan fingerprint density at radius 1 is 1.15 bits per heavy atom. The van der Waals surface area contributed by atoms with Crippen LogP contribution in [-0.4, -0.2) is 44.4 Å². The second-order valence-electron chi connectivity index (χ2n) is 9.46. The predicted octanol–water partition coefficient (Wildman–Crippen LogP) is 5.18. The highest BCUT2D eigenvalue weighted by Gasteiger charge is 2.21. The van der Waals surface area contributed by atoms with E-state index < -0.39 is 0 Å². The summed E-state index contributed by atoms with van der Waals surface area (Å²) in [6.45, 7) is 7.29. The lowest BCUT2D eigenvalue weighted by molar-refractivity contribution is -0.115. The first-order valence-corrected chi connectivity index (χ1v) is 12.3. The molecule has 7 nitrogen and oxygen atoms in total. The Bertz CT molecular complexity index is 1240. The number of rotatable bonds is 6. The topological polar surface area (TPSA) is 75.4 Å². The number of fused-ring (bicyclic) bond motifs is 1. The third-order valence-electron chi connectivity index (χ3n) is 6.26. The van der Waals surface area contributed by atoms with E-state index in [1.54, 1.807) is 6.33 Å². The molecule has 0 atom stereocenters. The molecule has 0 bridgehead atoms. The van der Waals surface area contributed by atoms with E-state index in [-0.39, 0.29) is 12.3 Å². The monoisotopic (exact) mass is 476 g/mol. The molecule has 0 unspecified atom stereocenters. The molecule has 5 rings (SSSR count). The number of amides is 1. The molecule has 3 aromatic rings. The first-order chi connectivity index (χ1) is 16.5. The molecule has 8 heteroatoms. The number of nitrogens with one attached hydrogen (secondary N) is 1. The van der Waals surface area contributed by atoms with Gasteiger partial charge in [0.05, 0.1) is 35.7 Å². The Morgan fingerprint density at radius 3 is 2.76 bits per heavy atom. The molecule has 0 spiro atoms. The molecule has 3 heterocycles. The summed E-state index contributed by atoms with van der Waals surface area (Å²) >= 11 is 6.49. The SMILES string of the molecule is CC(C)Cc1cc2c(cc1Cl)NC(=O)CC(c1cccc(-n3ncnc3CN3CCCC3)c1)=N2. The Hall–Kier alpha value is -3.03. The molecule has 0 saturated carbocycles. The molecule has 176 valence electrons. The number of carbonyl (C=O) groups is 1. The van der Waals surface area contributed by atoms with E-state index in [1.165, 1.54) is 12.8 Å². The van der Waals surface area contributed by atoms with E-state index in [4.69, 9.17) is 16.6 Å². The van der Waals surface area contributed by atoms with Crippen molar-refractivity contribution in [1.82, 2.24) is 19.7 Å². The van der Waals surface area contributed by atoms with Crippen LogP contribution in [0.15, 0.2) is 47.7 Å². The molecule has 1 saturated heterocycles. The van der Waals surface area contributed by atoms with Gasteiger partial charge in [-0.15, -0.1) is 0 Å². The lowest BCUT2D eigenvalue weighted by Crippen LogP contribution is -2.21. The molecule has 1 amide bonds. The molecule has 2 aliphatic heterocycles. The maximum absolute atomic E-state index is 12.7. The van der Waals surface area contributed by atoms with Gasteiger partial charge in [0.2, 0.25) is 5.91 Å². The lowest BCUT2D eigenvalue weighted by atomic mass is 10.0. The zero-order valence-electron chi connectivity index (χ0n) is 19.6. The largest absolute Gasteiger partial charge is 0.324 e. The highest BCUT2D eigenvalue weighted by molar-refractivity contribution is 6.32. The summed E-state index contributed by atoms with van der Waals surface area (Å²) in [7, 11) is 0. The van der Waals surface area contributed by atoms with Crippen molar-refractivity contribution in [2.75, 3.05) is 18.4 Å². The Morgan fingerprint density at radius 2 is 1.97 bits per heavy atom. The van der Waals surface area contributed by atoms with Crippen molar-refractivity contribution in [3.63, 3.8) is 0 Å². The molecule has 0 aliphatic carbocycles. The zero-order chi connectivity index (χ0) is 23.7. The Balaban J connectivity index is 1.49. The van der Waals surface area contributed by atoms with Gasteiger partial charge in [-0.2, -0.15) is 5.10 Å². The van der Waals surface area contributed by atoms with Gasteiger partial charge in [0.25, 0.3) is 0 Å². The average molecular weight is 477 g/mol. The number of likely N-dealkylation sites (tertiary alicyclic amines) is 1. The average Bonchev–Trinajstić information content (AvgIpc) is 3.45. The van der Waals surface area contributed by atoms with Crippen molar-refractivity contribution in [2.24, 2.45) is 10.9 Å². The standard InChI is InChI=1S/C26H29ClN6O/c1-17(2)10-19-12-23-24(13-21(19)27)31-26(34)14-22(30-23)18-6-5-7-20(11-18)33-25(28-16-29-33)15-32-8-3-4-9-32/h5-7,11-13,16-17H,3-4,8-10,14-15H2,1-2H3,(H,31,34). The van der Waals surface area contributed by atoms with Crippen LogP contribution in [-0.2, 0) is 17.8 Å². The van der Waals surface area contributed by atoms with E-state index >= 15 is 0 Å². The highest BCUT2D eigenvalue weighted by Crippen LogP contribution is 2.35. The van der Waals surface area contributed by atoms with Crippen LogP contribution in [0.4, 0.5) is 11.4 Å². The molecular weight excluding hydrogens is 448 g/mol.